The molecular formula is C21H19N5O3. The first-order chi connectivity index (χ1) is 14.2. The van der Waals surface area contributed by atoms with Crippen molar-refractivity contribution < 1.29 is 13.9 Å². The van der Waals surface area contributed by atoms with E-state index in [1.54, 1.807) is 18.0 Å². The van der Waals surface area contributed by atoms with Crippen LogP contribution in [0.5, 0.6) is 5.75 Å². The van der Waals surface area contributed by atoms with Gasteiger partial charge in [-0.1, -0.05) is 41.6 Å². The Morgan fingerprint density at radius 3 is 2.76 bits per heavy atom. The van der Waals surface area contributed by atoms with E-state index in [-0.39, 0.29) is 18.1 Å². The number of nitrogens with zero attached hydrogens (tertiary/aromatic N) is 4. The zero-order chi connectivity index (χ0) is 20.1. The van der Waals surface area contributed by atoms with Gasteiger partial charge in [-0.05, 0) is 18.2 Å². The molecule has 8 heteroatoms. The van der Waals surface area contributed by atoms with E-state index in [0.717, 1.165) is 16.9 Å². The molecule has 2 aromatic carbocycles. The molecular weight excluding hydrogens is 370 g/mol. The van der Waals surface area contributed by atoms with Gasteiger partial charge in [-0.15, -0.1) is 5.10 Å². The van der Waals surface area contributed by atoms with Crippen molar-refractivity contribution in [2.75, 3.05) is 7.11 Å². The number of hydrogen-bond donors (Lipinski definition) is 1. The summed E-state index contributed by atoms with van der Waals surface area (Å²) in [6, 6.07) is 17.1. The lowest BCUT2D eigenvalue weighted by molar-refractivity contribution is 0.0945. The molecule has 0 aliphatic rings. The number of carbonyl (C=O) groups excluding carboxylic acids is 1. The third-order valence-corrected chi connectivity index (χ3v) is 4.30. The fourth-order valence-electron chi connectivity index (χ4n) is 2.86. The number of para-hydroxylation sites is 1. The standard InChI is InChI=1S/C21H19N5O3/c1-28-19-10-6-5-9-16(19)12-26-13-17(24-25-26)11-22-20(27)18-14-29-21(23-18)15-7-3-2-4-8-15/h2-10,13-14H,11-12H2,1H3,(H,22,27). The number of ether oxygens (including phenoxy) is 1. The predicted octanol–water partition coefficient (Wildman–Crippen LogP) is 2.92. The maximum atomic E-state index is 12.3. The van der Waals surface area contributed by atoms with Crippen LogP contribution in [0.3, 0.4) is 0 Å². The van der Waals surface area contributed by atoms with Crippen LogP contribution >= 0.6 is 0 Å². The van der Waals surface area contributed by atoms with Gasteiger partial charge in [0.25, 0.3) is 5.91 Å². The molecule has 0 unspecified atom stereocenters. The number of nitrogens with one attached hydrogen (secondary N) is 1. The molecule has 29 heavy (non-hydrogen) atoms. The van der Waals surface area contributed by atoms with E-state index < -0.39 is 0 Å². The molecule has 0 fully saturated rings. The van der Waals surface area contributed by atoms with Crippen LogP contribution in [0.4, 0.5) is 0 Å². The topological polar surface area (TPSA) is 95.1 Å². The maximum absolute atomic E-state index is 12.3. The van der Waals surface area contributed by atoms with Gasteiger partial charge in [-0.3, -0.25) is 4.79 Å². The lowest BCUT2D eigenvalue weighted by Gasteiger charge is -2.07. The molecule has 4 rings (SSSR count). The van der Waals surface area contributed by atoms with Gasteiger partial charge in [0, 0.05) is 11.1 Å². The van der Waals surface area contributed by atoms with E-state index in [1.807, 2.05) is 54.6 Å². The molecule has 0 saturated heterocycles. The van der Waals surface area contributed by atoms with Gasteiger partial charge in [-0.2, -0.15) is 0 Å². The van der Waals surface area contributed by atoms with Crippen LogP contribution in [0.15, 0.2) is 71.5 Å². The van der Waals surface area contributed by atoms with Crippen LogP contribution < -0.4 is 10.1 Å². The van der Waals surface area contributed by atoms with Gasteiger partial charge < -0.3 is 14.5 Å². The lowest BCUT2D eigenvalue weighted by Crippen LogP contribution is -2.23. The van der Waals surface area contributed by atoms with Crippen LogP contribution in [0.25, 0.3) is 11.5 Å². The summed E-state index contributed by atoms with van der Waals surface area (Å²) >= 11 is 0. The molecule has 8 nitrogen and oxygen atoms in total. The first kappa shape index (κ1) is 18.4. The second kappa shape index (κ2) is 8.39. The van der Waals surface area contributed by atoms with Gasteiger partial charge in [0.05, 0.1) is 26.4 Å². The molecule has 0 bridgehead atoms. The monoisotopic (exact) mass is 389 g/mol. The highest BCUT2D eigenvalue weighted by Gasteiger charge is 2.14. The first-order valence-corrected chi connectivity index (χ1v) is 9.03. The Morgan fingerprint density at radius 2 is 1.93 bits per heavy atom. The molecule has 2 heterocycles. The number of carbonyl (C=O) groups is 1. The summed E-state index contributed by atoms with van der Waals surface area (Å²) in [5.74, 6) is 0.854. The van der Waals surface area contributed by atoms with Gasteiger partial charge >= 0.3 is 0 Å². The Morgan fingerprint density at radius 1 is 1.14 bits per heavy atom. The molecule has 1 amide bonds. The van der Waals surface area contributed by atoms with E-state index in [4.69, 9.17) is 9.15 Å². The van der Waals surface area contributed by atoms with E-state index >= 15 is 0 Å². The highest BCUT2D eigenvalue weighted by atomic mass is 16.5. The average molecular weight is 389 g/mol. The van der Waals surface area contributed by atoms with Crippen LogP contribution in [-0.4, -0.2) is 33.0 Å². The summed E-state index contributed by atoms with van der Waals surface area (Å²) < 4.78 is 12.4. The van der Waals surface area contributed by atoms with E-state index in [1.165, 1.54) is 6.26 Å². The molecule has 146 valence electrons. The van der Waals surface area contributed by atoms with Crippen LogP contribution in [0.1, 0.15) is 21.7 Å². The number of hydrogen-bond acceptors (Lipinski definition) is 6. The van der Waals surface area contributed by atoms with Crippen molar-refractivity contribution in [3.8, 4) is 17.2 Å². The minimum absolute atomic E-state index is 0.213. The summed E-state index contributed by atoms with van der Waals surface area (Å²) in [5, 5.41) is 11.0. The Labute approximate surface area is 167 Å². The molecule has 0 radical (unpaired) electrons. The summed E-state index contributed by atoms with van der Waals surface area (Å²) in [6.07, 6.45) is 3.13. The minimum atomic E-state index is -0.338. The van der Waals surface area contributed by atoms with Crippen LogP contribution in [0, 0.1) is 0 Å². The Kier molecular flexibility index (Phi) is 5.33. The Bertz CT molecular complexity index is 1100. The summed E-state index contributed by atoms with van der Waals surface area (Å²) in [6.45, 7) is 0.757. The summed E-state index contributed by atoms with van der Waals surface area (Å²) in [7, 11) is 1.63. The normalized spacial score (nSPS) is 10.7. The number of amides is 1. The van der Waals surface area contributed by atoms with Gasteiger partial charge in [0.2, 0.25) is 5.89 Å². The fourth-order valence-corrected chi connectivity index (χ4v) is 2.86. The predicted molar refractivity (Wildman–Crippen MR) is 105 cm³/mol. The highest BCUT2D eigenvalue weighted by Crippen LogP contribution is 2.19. The number of benzene rings is 2. The van der Waals surface area contributed by atoms with Crippen LogP contribution in [-0.2, 0) is 13.1 Å². The number of aromatic nitrogens is 4. The summed E-state index contributed by atoms with van der Waals surface area (Å²) in [4.78, 5) is 16.6. The van der Waals surface area contributed by atoms with Crippen molar-refractivity contribution in [2.24, 2.45) is 0 Å². The van der Waals surface area contributed by atoms with E-state index in [9.17, 15) is 4.79 Å². The molecule has 2 aromatic heterocycles. The SMILES string of the molecule is COc1ccccc1Cn1cc(CNC(=O)c2coc(-c3ccccc3)n2)nn1. The molecule has 0 atom stereocenters. The van der Waals surface area contributed by atoms with E-state index in [2.05, 4.69) is 20.6 Å². The number of methoxy groups -OCH3 is 1. The zero-order valence-electron chi connectivity index (χ0n) is 15.8. The largest absolute Gasteiger partial charge is 0.496 e. The second-order valence-electron chi connectivity index (χ2n) is 6.31. The maximum Gasteiger partial charge on any atom is 0.273 e. The number of rotatable bonds is 7. The lowest BCUT2D eigenvalue weighted by atomic mass is 10.2. The third kappa shape index (κ3) is 4.32. The Balaban J connectivity index is 1.36. The van der Waals surface area contributed by atoms with Crippen molar-refractivity contribution in [1.29, 1.82) is 0 Å². The van der Waals surface area contributed by atoms with Crippen molar-refractivity contribution in [2.45, 2.75) is 13.1 Å². The second-order valence-corrected chi connectivity index (χ2v) is 6.31. The molecule has 0 aliphatic carbocycles. The smallest absolute Gasteiger partial charge is 0.273 e. The van der Waals surface area contributed by atoms with E-state index in [0.29, 0.717) is 18.1 Å². The fraction of sp³-hybridized carbons (Fsp3) is 0.143. The van der Waals surface area contributed by atoms with Crippen molar-refractivity contribution in [3.63, 3.8) is 0 Å². The number of oxazole rings is 1. The van der Waals surface area contributed by atoms with Crippen molar-refractivity contribution in [1.82, 2.24) is 25.3 Å². The Hall–Kier alpha value is -3.94. The summed E-state index contributed by atoms with van der Waals surface area (Å²) in [5.41, 5.74) is 2.66. The van der Waals surface area contributed by atoms with Crippen LogP contribution in [0.2, 0.25) is 0 Å². The van der Waals surface area contributed by atoms with Crippen molar-refractivity contribution in [3.05, 3.63) is 84.0 Å². The molecule has 0 aliphatic heterocycles. The first-order valence-electron chi connectivity index (χ1n) is 9.03. The van der Waals surface area contributed by atoms with Gasteiger partial charge in [0.15, 0.2) is 5.69 Å². The zero-order valence-corrected chi connectivity index (χ0v) is 15.8. The van der Waals surface area contributed by atoms with Gasteiger partial charge in [0.1, 0.15) is 17.7 Å². The highest BCUT2D eigenvalue weighted by molar-refractivity contribution is 5.92. The molecule has 1 N–H and O–H groups in total. The average Bonchev–Trinajstić information content (AvgIpc) is 3.43. The van der Waals surface area contributed by atoms with Gasteiger partial charge in [-0.25, -0.2) is 9.67 Å². The minimum Gasteiger partial charge on any atom is -0.496 e. The molecule has 0 spiro atoms. The molecule has 0 saturated carbocycles. The third-order valence-electron chi connectivity index (χ3n) is 4.30. The molecule has 4 aromatic rings. The van der Waals surface area contributed by atoms with Crippen molar-refractivity contribution >= 4 is 5.91 Å². The quantitative estimate of drug-likeness (QED) is 0.522.